The Kier molecular flexibility index (Phi) is 4.68. The van der Waals surface area contributed by atoms with Crippen LogP contribution >= 0.6 is 0 Å². The van der Waals surface area contributed by atoms with Crippen molar-refractivity contribution in [1.29, 1.82) is 5.26 Å². The van der Waals surface area contributed by atoms with Crippen LogP contribution in [0.3, 0.4) is 0 Å². The number of pyridine rings is 1. The van der Waals surface area contributed by atoms with Crippen LogP contribution in [0.4, 0.5) is 11.4 Å². The fourth-order valence-corrected chi connectivity index (χ4v) is 3.46. The van der Waals surface area contributed by atoms with Gasteiger partial charge in [-0.3, -0.25) is 14.0 Å². The van der Waals surface area contributed by atoms with Crippen LogP contribution in [-0.2, 0) is 4.79 Å². The van der Waals surface area contributed by atoms with E-state index in [4.69, 9.17) is 0 Å². The van der Waals surface area contributed by atoms with E-state index in [1.807, 2.05) is 25.1 Å². The molecule has 148 valence electrons. The number of nitriles is 1. The molecule has 4 aromatic rings. The number of carbonyl (C=O) groups is 1. The fraction of sp³-hybridized carbons (Fsp3) is 0.130. The van der Waals surface area contributed by atoms with Crippen molar-refractivity contribution >= 4 is 40.2 Å². The van der Waals surface area contributed by atoms with Crippen molar-refractivity contribution in [2.24, 2.45) is 0 Å². The number of benzene rings is 2. The van der Waals surface area contributed by atoms with Crippen molar-refractivity contribution in [3.63, 3.8) is 0 Å². The summed E-state index contributed by atoms with van der Waals surface area (Å²) in [7, 11) is 0. The molecule has 0 spiro atoms. The van der Waals surface area contributed by atoms with Gasteiger partial charge in [-0.25, -0.2) is 4.98 Å². The molecule has 2 aromatic carbocycles. The van der Waals surface area contributed by atoms with Crippen molar-refractivity contribution in [3.8, 4) is 6.07 Å². The molecule has 0 aliphatic heterocycles. The molecule has 1 amide bonds. The van der Waals surface area contributed by atoms with Gasteiger partial charge in [0.15, 0.2) is 5.65 Å². The van der Waals surface area contributed by atoms with Crippen molar-refractivity contribution < 1.29 is 4.79 Å². The highest BCUT2D eigenvalue weighted by molar-refractivity contribution is 5.89. The lowest BCUT2D eigenvalue weighted by molar-refractivity contribution is -0.114. The molecule has 0 saturated heterocycles. The summed E-state index contributed by atoms with van der Waals surface area (Å²) in [6.07, 6.45) is 1.60. The van der Waals surface area contributed by atoms with Crippen molar-refractivity contribution in [2.45, 2.75) is 20.8 Å². The fourth-order valence-electron chi connectivity index (χ4n) is 3.46. The smallest absolute Gasteiger partial charge is 0.265 e. The topological polar surface area (TPSA) is 99.3 Å². The van der Waals surface area contributed by atoms with Crippen LogP contribution in [0.5, 0.6) is 0 Å². The maximum atomic E-state index is 13.3. The first-order chi connectivity index (χ1) is 14.4. The zero-order chi connectivity index (χ0) is 21.4. The summed E-state index contributed by atoms with van der Waals surface area (Å²) < 4.78 is 1.49. The Morgan fingerprint density at radius 3 is 2.50 bits per heavy atom. The molecule has 2 heterocycles. The van der Waals surface area contributed by atoms with Crippen LogP contribution in [0.15, 0.2) is 47.3 Å². The molecule has 0 fully saturated rings. The van der Waals surface area contributed by atoms with Crippen molar-refractivity contribution in [1.82, 2.24) is 9.38 Å². The van der Waals surface area contributed by atoms with Gasteiger partial charge in [0.25, 0.3) is 5.56 Å². The average Bonchev–Trinajstić information content (AvgIpc) is 3.07. The predicted octanol–water partition coefficient (Wildman–Crippen LogP) is 2.86. The first kappa shape index (κ1) is 19.2. The third-order valence-corrected chi connectivity index (χ3v) is 4.95. The summed E-state index contributed by atoms with van der Waals surface area (Å²) in [4.78, 5) is 28.9. The van der Waals surface area contributed by atoms with E-state index in [0.717, 1.165) is 11.3 Å². The zero-order valence-corrected chi connectivity index (χ0v) is 16.8. The standard InChI is InChI=1S/C23H19N5O2/c1-13-4-9-21-20(10-13)27-22-18(11-24)14(2)19(23(30)28(21)22)12-25-16-5-7-17(8-6-16)26-15(3)29/h4-10,12,25H,1-3H3,(H,26,29)/b19-12-. The molecule has 0 saturated carbocycles. The van der Waals surface area contributed by atoms with Gasteiger partial charge in [-0.05, 0) is 61.4 Å². The van der Waals surface area contributed by atoms with Crippen molar-refractivity contribution in [2.75, 3.05) is 10.6 Å². The molecular weight excluding hydrogens is 378 g/mol. The third-order valence-electron chi connectivity index (χ3n) is 4.95. The van der Waals surface area contributed by atoms with E-state index in [2.05, 4.69) is 21.7 Å². The van der Waals surface area contributed by atoms with Gasteiger partial charge in [0.05, 0.1) is 21.8 Å². The molecule has 0 aliphatic carbocycles. The molecule has 0 bridgehead atoms. The Balaban J connectivity index is 1.86. The van der Waals surface area contributed by atoms with Crippen LogP contribution in [0.1, 0.15) is 23.6 Å². The van der Waals surface area contributed by atoms with Crippen LogP contribution in [0.25, 0.3) is 22.9 Å². The molecule has 7 heteroatoms. The van der Waals surface area contributed by atoms with Crippen LogP contribution in [-0.4, -0.2) is 15.3 Å². The van der Waals surface area contributed by atoms with Gasteiger partial charge in [-0.2, -0.15) is 5.26 Å². The minimum Gasteiger partial charge on any atom is -0.361 e. The molecule has 0 unspecified atom stereocenters. The molecule has 0 radical (unpaired) electrons. The lowest BCUT2D eigenvalue weighted by Crippen LogP contribution is -2.34. The van der Waals surface area contributed by atoms with E-state index >= 15 is 0 Å². The molecule has 0 aliphatic rings. The SMILES string of the molecule is CC(=O)Nc1ccc(N/C=c2/c(C)c(C#N)c3nc4cc(C)ccc4n3c2=O)cc1. The molecular formula is C23H19N5O2. The average molecular weight is 397 g/mol. The number of hydrogen-bond acceptors (Lipinski definition) is 5. The van der Waals surface area contributed by atoms with Gasteiger partial charge < -0.3 is 10.6 Å². The number of nitrogens with one attached hydrogen (secondary N) is 2. The van der Waals surface area contributed by atoms with Crippen LogP contribution in [0.2, 0.25) is 0 Å². The number of hydrogen-bond donors (Lipinski definition) is 2. The molecule has 0 atom stereocenters. The van der Waals surface area contributed by atoms with Gasteiger partial charge in [0, 0.05) is 24.5 Å². The Bertz CT molecular complexity index is 1460. The Morgan fingerprint density at radius 1 is 1.13 bits per heavy atom. The summed E-state index contributed by atoms with van der Waals surface area (Å²) in [5, 5.41) is 15.9. The monoisotopic (exact) mass is 397 g/mol. The summed E-state index contributed by atoms with van der Waals surface area (Å²) in [6.45, 7) is 5.15. The van der Waals surface area contributed by atoms with Crippen LogP contribution in [0, 0.1) is 25.2 Å². The largest absolute Gasteiger partial charge is 0.361 e. The third kappa shape index (κ3) is 3.25. The molecule has 2 N–H and O–H groups in total. The maximum absolute atomic E-state index is 13.3. The van der Waals surface area contributed by atoms with Gasteiger partial charge in [0.2, 0.25) is 5.91 Å². The normalized spacial score (nSPS) is 11.6. The van der Waals surface area contributed by atoms with Gasteiger partial charge in [0.1, 0.15) is 6.07 Å². The summed E-state index contributed by atoms with van der Waals surface area (Å²) in [6, 6.07) is 15.0. The quantitative estimate of drug-likeness (QED) is 0.554. The highest BCUT2D eigenvalue weighted by Gasteiger charge is 2.16. The number of aromatic nitrogens is 2. The van der Waals surface area contributed by atoms with E-state index in [1.165, 1.54) is 11.3 Å². The number of aryl methyl sites for hydroxylation is 1. The van der Waals surface area contributed by atoms with Gasteiger partial charge in [-0.1, -0.05) is 6.07 Å². The predicted molar refractivity (Wildman–Crippen MR) is 117 cm³/mol. The van der Waals surface area contributed by atoms with Gasteiger partial charge >= 0.3 is 0 Å². The van der Waals surface area contributed by atoms with Crippen LogP contribution < -0.4 is 21.4 Å². The lowest BCUT2D eigenvalue weighted by Gasteiger charge is -2.06. The second kappa shape index (κ2) is 7.33. The first-order valence-electron chi connectivity index (χ1n) is 9.39. The number of rotatable bonds is 3. The number of imidazole rings is 1. The number of carbonyl (C=O) groups excluding carboxylic acids is 1. The number of anilines is 2. The Morgan fingerprint density at radius 2 is 1.83 bits per heavy atom. The molecule has 30 heavy (non-hydrogen) atoms. The zero-order valence-electron chi connectivity index (χ0n) is 16.8. The lowest BCUT2D eigenvalue weighted by atomic mass is 10.1. The van der Waals surface area contributed by atoms with E-state index < -0.39 is 0 Å². The minimum atomic E-state index is -0.241. The number of amides is 1. The highest BCUT2D eigenvalue weighted by Crippen LogP contribution is 2.19. The van der Waals surface area contributed by atoms with E-state index in [1.54, 1.807) is 37.4 Å². The maximum Gasteiger partial charge on any atom is 0.265 e. The van der Waals surface area contributed by atoms with E-state index in [-0.39, 0.29) is 11.5 Å². The minimum absolute atomic E-state index is 0.144. The molecule has 7 nitrogen and oxygen atoms in total. The Labute approximate surface area is 172 Å². The van der Waals surface area contributed by atoms with E-state index in [9.17, 15) is 14.9 Å². The second-order valence-corrected chi connectivity index (χ2v) is 7.14. The highest BCUT2D eigenvalue weighted by atomic mass is 16.1. The van der Waals surface area contributed by atoms with E-state index in [0.29, 0.717) is 38.7 Å². The Hall–Kier alpha value is -4.18. The molecule has 4 rings (SSSR count). The number of fused-ring (bicyclic) bond motifs is 3. The first-order valence-corrected chi connectivity index (χ1v) is 9.39. The van der Waals surface area contributed by atoms with Gasteiger partial charge in [-0.15, -0.1) is 0 Å². The molecule has 2 aromatic heterocycles. The summed E-state index contributed by atoms with van der Waals surface area (Å²) in [5.41, 5.74) is 4.89. The number of nitrogens with zero attached hydrogens (tertiary/aromatic N) is 3. The summed E-state index contributed by atoms with van der Waals surface area (Å²) >= 11 is 0. The van der Waals surface area contributed by atoms with Crippen molar-refractivity contribution in [3.05, 3.63) is 74.7 Å². The summed E-state index contributed by atoms with van der Waals surface area (Å²) in [5.74, 6) is -0.144. The second-order valence-electron chi connectivity index (χ2n) is 7.14.